The van der Waals surface area contributed by atoms with E-state index in [4.69, 9.17) is 5.11 Å². The first-order chi connectivity index (χ1) is 9.06. The molecule has 0 radical (unpaired) electrons. The first kappa shape index (κ1) is 12.7. The summed E-state index contributed by atoms with van der Waals surface area (Å²) in [4.78, 5) is 29.1. The normalized spacial score (nSPS) is 32.1. The van der Waals surface area contributed by atoms with Gasteiger partial charge in [0.05, 0.1) is 5.92 Å². The van der Waals surface area contributed by atoms with E-state index in [0.29, 0.717) is 25.2 Å². The van der Waals surface area contributed by atoms with Crippen molar-refractivity contribution in [2.24, 2.45) is 5.92 Å². The second-order valence-electron chi connectivity index (χ2n) is 6.01. The minimum Gasteiger partial charge on any atom is -0.481 e. The molecule has 3 heterocycles. The Labute approximate surface area is 112 Å². The number of hydrogen-bond donors (Lipinski definition) is 1. The van der Waals surface area contributed by atoms with E-state index in [2.05, 4.69) is 11.9 Å². The molecule has 6 nitrogen and oxygen atoms in total. The van der Waals surface area contributed by atoms with Gasteiger partial charge in [-0.25, -0.2) is 4.79 Å². The Morgan fingerprint density at radius 2 is 1.68 bits per heavy atom. The average molecular weight is 267 g/mol. The Balaban J connectivity index is 1.58. The maximum Gasteiger partial charge on any atom is 0.320 e. The zero-order valence-electron chi connectivity index (χ0n) is 11.3. The minimum absolute atomic E-state index is 0.0263. The van der Waals surface area contributed by atoms with Crippen LogP contribution in [0.2, 0.25) is 0 Å². The lowest BCUT2D eigenvalue weighted by Crippen LogP contribution is -2.58. The lowest BCUT2D eigenvalue weighted by Gasteiger charge is -2.40. The van der Waals surface area contributed by atoms with Crippen LogP contribution < -0.4 is 0 Å². The van der Waals surface area contributed by atoms with Crippen molar-refractivity contribution in [2.75, 3.05) is 33.2 Å². The molecule has 19 heavy (non-hydrogen) atoms. The molecule has 3 fully saturated rings. The average Bonchev–Trinajstić information content (AvgIpc) is 2.49. The maximum absolute atomic E-state index is 12.3. The summed E-state index contributed by atoms with van der Waals surface area (Å²) in [6.45, 7) is 2.34. The fourth-order valence-electron chi connectivity index (χ4n) is 3.47. The van der Waals surface area contributed by atoms with Crippen LogP contribution in [0.3, 0.4) is 0 Å². The van der Waals surface area contributed by atoms with Crippen molar-refractivity contribution in [3.63, 3.8) is 0 Å². The van der Waals surface area contributed by atoms with Gasteiger partial charge in [-0.05, 0) is 26.3 Å². The molecule has 3 saturated heterocycles. The first-order valence-electron chi connectivity index (χ1n) is 7.05. The summed E-state index contributed by atoms with van der Waals surface area (Å²) in [5, 5.41) is 8.85. The van der Waals surface area contributed by atoms with E-state index in [9.17, 15) is 9.59 Å². The maximum atomic E-state index is 12.3. The SMILES string of the molecule is CN1C2CCC1CN(C(=O)N1CC(C(=O)O)C1)CC2. The van der Waals surface area contributed by atoms with E-state index in [1.807, 2.05) is 4.90 Å². The van der Waals surface area contributed by atoms with Crippen molar-refractivity contribution in [1.29, 1.82) is 0 Å². The summed E-state index contributed by atoms with van der Waals surface area (Å²) >= 11 is 0. The van der Waals surface area contributed by atoms with E-state index >= 15 is 0 Å². The Kier molecular flexibility index (Phi) is 3.12. The standard InChI is InChI=1S/C13H21N3O3/c1-14-10-2-3-11(14)8-15(5-4-10)13(19)16-6-9(7-16)12(17)18/h9-11H,2-8H2,1H3,(H,17,18). The summed E-state index contributed by atoms with van der Waals surface area (Å²) in [5.41, 5.74) is 0. The van der Waals surface area contributed by atoms with Gasteiger partial charge in [0.25, 0.3) is 0 Å². The van der Waals surface area contributed by atoms with Gasteiger partial charge in [-0.2, -0.15) is 0 Å². The van der Waals surface area contributed by atoms with Crippen LogP contribution in [0.25, 0.3) is 0 Å². The highest BCUT2D eigenvalue weighted by Gasteiger charge is 2.41. The largest absolute Gasteiger partial charge is 0.481 e. The number of nitrogens with zero attached hydrogens (tertiary/aromatic N) is 3. The summed E-state index contributed by atoms with van der Waals surface area (Å²) in [6, 6.07) is 1.12. The third-order valence-corrected chi connectivity index (χ3v) is 4.92. The Bertz CT molecular complexity index is 395. The zero-order chi connectivity index (χ0) is 13.6. The molecule has 3 aliphatic heterocycles. The molecule has 3 aliphatic rings. The molecular weight excluding hydrogens is 246 g/mol. The molecule has 2 bridgehead atoms. The van der Waals surface area contributed by atoms with Crippen LogP contribution in [-0.2, 0) is 4.79 Å². The molecule has 0 saturated carbocycles. The van der Waals surface area contributed by atoms with Crippen molar-refractivity contribution in [2.45, 2.75) is 31.3 Å². The predicted octanol–water partition coefficient (Wildman–Crippen LogP) is 0.291. The topological polar surface area (TPSA) is 64.1 Å². The number of hydrogen-bond acceptors (Lipinski definition) is 3. The lowest BCUT2D eigenvalue weighted by molar-refractivity contribution is -0.146. The molecule has 1 N–H and O–H groups in total. The van der Waals surface area contributed by atoms with Crippen LogP contribution in [0.5, 0.6) is 0 Å². The van der Waals surface area contributed by atoms with Gasteiger partial charge in [0.2, 0.25) is 0 Å². The van der Waals surface area contributed by atoms with Crippen molar-refractivity contribution in [3.05, 3.63) is 0 Å². The number of urea groups is 1. The lowest BCUT2D eigenvalue weighted by atomic mass is 10.0. The van der Waals surface area contributed by atoms with Crippen molar-refractivity contribution in [1.82, 2.24) is 14.7 Å². The minimum atomic E-state index is -0.793. The number of carboxylic acid groups (broad SMARTS) is 1. The number of likely N-dealkylation sites (N-methyl/N-ethyl adjacent to an activating group) is 1. The van der Waals surface area contributed by atoms with E-state index in [1.165, 1.54) is 12.8 Å². The monoisotopic (exact) mass is 267 g/mol. The van der Waals surface area contributed by atoms with Gasteiger partial charge in [-0.3, -0.25) is 9.69 Å². The summed E-state index contributed by atoms with van der Waals surface area (Å²) in [6.07, 6.45) is 3.45. The van der Waals surface area contributed by atoms with Gasteiger partial charge in [-0.15, -0.1) is 0 Å². The van der Waals surface area contributed by atoms with Gasteiger partial charge >= 0.3 is 12.0 Å². The molecule has 0 aromatic rings. The van der Waals surface area contributed by atoms with Crippen LogP contribution >= 0.6 is 0 Å². The number of carboxylic acids is 1. The quantitative estimate of drug-likeness (QED) is 0.742. The Hall–Kier alpha value is -1.30. The summed E-state index contributed by atoms with van der Waals surface area (Å²) in [7, 11) is 2.15. The fraction of sp³-hybridized carbons (Fsp3) is 0.846. The molecular formula is C13H21N3O3. The number of rotatable bonds is 1. The molecule has 2 unspecified atom stereocenters. The summed E-state index contributed by atoms with van der Waals surface area (Å²) < 4.78 is 0. The smallest absolute Gasteiger partial charge is 0.320 e. The first-order valence-corrected chi connectivity index (χ1v) is 7.05. The predicted molar refractivity (Wildman–Crippen MR) is 68.9 cm³/mol. The molecule has 0 aliphatic carbocycles. The third-order valence-electron chi connectivity index (χ3n) is 4.92. The fourth-order valence-corrected chi connectivity index (χ4v) is 3.47. The second-order valence-corrected chi connectivity index (χ2v) is 6.01. The Morgan fingerprint density at radius 1 is 1.00 bits per heavy atom. The molecule has 0 spiro atoms. The van der Waals surface area contributed by atoms with Crippen LogP contribution in [0, 0.1) is 5.92 Å². The second kappa shape index (κ2) is 4.67. The highest BCUT2D eigenvalue weighted by atomic mass is 16.4. The third kappa shape index (κ3) is 2.18. The van der Waals surface area contributed by atoms with E-state index in [-0.39, 0.29) is 11.9 Å². The van der Waals surface area contributed by atoms with Gasteiger partial charge in [0.15, 0.2) is 0 Å². The van der Waals surface area contributed by atoms with Crippen LogP contribution in [0.15, 0.2) is 0 Å². The van der Waals surface area contributed by atoms with E-state index in [0.717, 1.165) is 19.5 Å². The van der Waals surface area contributed by atoms with Gasteiger partial charge < -0.3 is 14.9 Å². The van der Waals surface area contributed by atoms with Crippen molar-refractivity contribution < 1.29 is 14.7 Å². The number of carbonyl (C=O) groups is 2. The van der Waals surface area contributed by atoms with Gasteiger partial charge in [0.1, 0.15) is 0 Å². The van der Waals surface area contributed by atoms with Crippen molar-refractivity contribution >= 4 is 12.0 Å². The van der Waals surface area contributed by atoms with Crippen LogP contribution in [-0.4, -0.2) is 77.1 Å². The molecule has 6 heteroatoms. The van der Waals surface area contributed by atoms with Gasteiger partial charge in [-0.1, -0.05) is 0 Å². The number of amides is 2. The van der Waals surface area contributed by atoms with E-state index < -0.39 is 5.97 Å². The number of aliphatic carboxylic acids is 1. The highest BCUT2D eigenvalue weighted by molar-refractivity contribution is 5.80. The molecule has 0 aromatic heterocycles. The number of fused-ring (bicyclic) bond motifs is 2. The molecule has 2 amide bonds. The van der Waals surface area contributed by atoms with Gasteiger partial charge in [0, 0.05) is 38.3 Å². The highest BCUT2D eigenvalue weighted by Crippen LogP contribution is 2.29. The molecule has 2 atom stereocenters. The number of likely N-dealkylation sites (tertiary alicyclic amines) is 2. The van der Waals surface area contributed by atoms with Crippen LogP contribution in [0.4, 0.5) is 4.79 Å². The molecule has 3 rings (SSSR count). The Morgan fingerprint density at radius 3 is 2.37 bits per heavy atom. The molecule has 0 aromatic carbocycles. The zero-order valence-corrected chi connectivity index (χ0v) is 11.3. The van der Waals surface area contributed by atoms with Crippen LogP contribution in [0.1, 0.15) is 19.3 Å². The molecule has 106 valence electrons. The summed E-state index contributed by atoms with van der Waals surface area (Å²) in [5.74, 6) is -1.16. The number of carbonyl (C=O) groups excluding carboxylic acids is 1. The van der Waals surface area contributed by atoms with Crippen molar-refractivity contribution in [3.8, 4) is 0 Å². The van der Waals surface area contributed by atoms with E-state index in [1.54, 1.807) is 4.90 Å².